The molecule has 2 N–H and O–H groups in total. The van der Waals surface area contributed by atoms with Crippen molar-refractivity contribution in [3.8, 4) is 11.4 Å². The van der Waals surface area contributed by atoms with Gasteiger partial charge in [-0.3, -0.25) is 14.8 Å². The molecule has 0 radical (unpaired) electrons. The van der Waals surface area contributed by atoms with Crippen LogP contribution in [0.1, 0.15) is 15.9 Å². The van der Waals surface area contributed by atoms with Crippen molar-refractivity contribution in [1.82, 2.24) is 19.9 Å². The van der Waals surface area contributed by atoms with Gasteiger partial charge in [-0.15, -0.1) is 0 Å². The van der Waals surface area contributed by atoms with Gasteiger partial charge in [0.05, 0.1) is 11.9 Å². The minimum absolute atomic E-state index is 0.176. The Kier molecular flexibility index (Phi) is 6.03. The van der Waals surface area contributed by atoms with Crippen LogP contribution in [0.2, 0.25) is 0 Å². The summed E-state index contributed by atoms with van der Waals surface area (Å²) in [6.07, 6.45) is 6.55. The van der Waals surface area contributed by atoms with E-state index in [4.69, 9.17) is 0 Å². The molecule has 8 heteroatoms. The van der Waals surface area contributed by atoms with Crippen molar-refractivity contribution in [2.45, 2.75) is 6.92 Å². The lowest BCUT2D eigenvalue weighted by Gasteiger charge is -2.14. The Labute approximate surface area is 186 Å². The molecule has 160 valence electrons. The molecule has 8 nitrogen and oxygen atoms in total. The van der Waals surface area contributed by atoms with E-state index < -0.39 is 0 Å². The van der Waals surface area contributed by atoms with Crippen LogP contribution in [0.3, 0.4) is 0 Å². The first-order valence-corrected chi connectivity index (χ1v) is 10.1. The van der Waals surface area contributed by atoms with E-state index in [9.17, 15) is 4.79 Å². The third kappa shape index (κ3) is 4.86. The topological polar surface area (TPSA) is 95.9 Å². The number of amides is 1. The maximum Gasteiger partial charge on any atom is 0.255 e. The summed E-state index contributed by atoms with van der Waals surface area (Å²) < 4.78 is 0. The second-order valence-corrected chi connectivity index (χ2v) is 7.41. The molecule has 0 aliphatic carbocycles. The zero-order valence-corrected chi connectivity index (χ0v) is 18.1. The number of hydrogen-bond acceptors (Lipinski definition) is 7. The number of anilines is 4. The van der Waals surface area contributed by atoms with Crippen LogP contribution in [0.15, 0.2) is 73.3 Å². The van der Waals surface area contributed by atoms with E-state index in [2.05, 4.69) is 30.6 Å². The lowest BCUT2D eigenvalue weighted by atomic mass is 10.1. The summed E-state index contributed by atoms with van der Waals surface area (Å²) in [7, 11) is 3.88. The van der Waals surface area contributed by atoms with Crippen LogP contribution in [0.5, 0.6) is 0 Å². The van der Waals surface area contributed by atoms with Gasteiger partial charge in [0.25, 0.3) is 5.91 Å². The highest BCUT2D eigenvalue weighted by Gasteiger charge is 2.10. The van der Waals surface area contributed by atoms with Gasteiger partial charge in [0, 0.05) is 55.3 Å². The highest BCUT2D eigenvalue weighted by atomic mass is 16.1. The van der Waals surface area contributed by atoms with E-state index in [1.807, 2.05) is 62.3 Å². The number of rotatable bonds is 6. The SMILES string of the molecule is Cc1ccc(NC(=O)c2cccc(N(C)C)c2)cc1Nc1nccc(-c2cnccn2)n1. The molecule has 0 bridgehead atoms. The van der Waals surface area contributed by atoms with Crippen LogP contribution in [0.25, 0.3) is 11.4 Å². The van der Waals surface area contributed by atoms with E-state index in [-0.39, 0.29) is 5.91 Å². The maximum absolute atomic E-state index is 12.8. The number of nitrogens with one attached hydrogen (secondary N) is 2. The highest BCUT2D eigenvalue weighted by Crippen LogP contribution is 2.24. The highest BCUT2D eigenvalue weighted by molar-refractivity contribution is 6.05. The first-order valence-electron chi connectivity index (χ1n) is 10.1. The molecule has 32 heavy (non-hydrogen) atoms. The van der Waals surface area contributed by atoms with Crippen LogP contribution in [0.4, 0.5) is 23.0 Å². The van der Waals surface area contributed by atoms with E-state index in [0.29, 0.717) is 28.6 Å². The minimum atomic E-state index is -0.176. The summed E-state index contributed by atoms with van der Waals surface area (Å²) in [5, 5.41) is 6.19. The molecule has 2 heterocycles. The third-order valence-corrected chi connectivity index (χ3v) is 4.85. The van der Waals surface area contributed by atoms with E-state index in [1.54, 1.807) is 36.9 Å². The second kappa shape index (κ2) is 9.22. The third-order valence-electron chi connectivity index (χ3n) is 4.85. The quantitative estimate of drug-likeness (QED) is 0.475. The van der Waals surface area contributed by atoms with E-state index in [0.717, 1.165) is 16.9 Å². The number of carbonyl (C=O) groups is 1. The van der Waals surface area contributed by atoms with Crippen LogP contribution in [0, 0.1) is 6.92 Å². The molecule has 1 amide bonds. The normalized spacial score (nSPS) is 10.5. The van der Waals surface area contributed by atoms with Gasteiger partial charge in [-0.25, -0.2) is 9.97 Å². The van der Waals surface area contributed by atoms with Gasteiger partial charge in [-0.2, -0.15) is 0 Å². The smallest absolute Gasteiger partial charge is 0.255 e. The van der Waals surface area contributed by atoms with Crippen molar-refractivity contribution in [3.63, 3.8) is 0 Å². The summed E-state index contributed by atoms with van der Waals surface area (Å²) in [6, 6.07) is 14.9. The van der Waals surface area contributed by atoms with Gasteiger partial charge in [-0.05, 0) is 48.9 Å². The first-order chi connectivity index (χ1) is 15.5. The molecule has 0 fully saturated rings. The Balaban J connectivity index is 1.53. The lowest BCUT2D eigenvalue weighted by Crippen LogP contribution is -2.14. The van der Waals surface area contributed by atoms with Crippen LogP contribution < -0.4 is 15.5 Å². The Morgan fingerprint density at radius 1 is 0.938 bits per heavy atom. The zero-order valence-electron chi connectivity index (χ0n) is 18.1. The number of benzene rings is 2. The molecule has 0 atom stereocenters. The van der Waals surface area contributed by atoms with Gasteiger partial charge in [0.1, 0.15) is 5.69 Å². The molecule has 4 rings (SSSR count). The van der Waals surface area contributed by atoms with E-state index >= 15 is 0 Å². The van der Waals surface area contributed by atoms with Gasteiger partial charge < -0.3 is 15.5 Å². The molecule has 2 aromatic carbocycles. The fraction of sp³-hybridized carbons (Fsp3) is 0.125. The number of hydrogen-bond donors (Lipinski definition) is 2. The predicted octanol–water partition coefficient (Wildman–Crippen LogP) is 4.30. The summed E-state index contributed by atoms with van der Waals surface area (Å²) in [5.74, 6) is 0.253. The summed E-state index contributed by atoms with van der Waals surface area (Å²) in [5.41, 5.74) is 5.33. The summed E-state index contributed by atoms with van der Waals surface area (Å²) >= 11 is 0. The zero-order chi connectivity index (χ0) is 22.5. The van der Waals surface area contributed by atoms with Gasteiger partial charge in [-0.1, -0.05) is 12.1 Å². The van der Waals surface area contributed by atoms with Crippen LogP contribution in [-0.2, 0) is 0 Å². The van der Waals surface area contributed by atoms with Gasteiger partial charge >= 0.3 is 0 Å². The molecule has 0 saturated carbocycles. The average molecular weight is 425 g/mol. The lowest BCUT2D eigenvalue weighted by molar-refractivity contribution is 0.102. The Morgan fingerprint density at radius 2 is 1.81 bits per heavy atom. The number of aryl methyl sites for hydroxylation is 1. The largest absolute Gasteiger partial charge is 0.378 e. The predicted molar refractivity (Wildman–Crippen MR) is 126 cm³/mol. The molecule has 0 unspecified atom stereocenters. The Bertz CT molecular complexity index is 1240. The molecule has 0 spiro atoms. The maximum atomic E-state index is 12.8. The van der Waals surface area contributed by atoms with Crippen molar-refractivity contribution >= 4 is 28.9 Å². The second-order valence-electron chi connectivity index (χ2n) is 7.41. The Hall–Kier alpha value is -4.33. The van der Waals surface area contributed by atoms with E-state index in [1.165, 1.54) is 0 Å². The molecule has 0 aliphatic rings. The number of aromatic nitrogens is 4. The average Bonchev–Trinajstić information content (AvgIpc) is 2.82. The minimum Gasteiger partial charge on any atom is -0.378 e. The monoisotopic (exact) mass is 425 g/mol. The molecule has 0 aliphatic heterocycles. The first kappa shape index (κ1) is 20.9. The van der Waals surface area contributed by atoms with Crippen molar-refractivity contribution in [2.75, 3.05) is 29.6 Å². The molecular weight excluding hydrogens is 402 g/mol. The Morgan fingerprint density at radius 3 is 2.59 bits per heavy atom. The molecule has 2 aromatic heterocycles. The fourth-order valence-electron chi connectivity index (χ4n) is 3.08. The van der Waals surface area contributed by atoms with Gasteiger partial charge in [0.15, 0.2) is 0 Å². The summed E-state index contributed by atoms with van der Waals surface area (Å²) in [4.78, 5) is 31.9. The van der Waals surface area contributed by atoms with Crippen molar-refractivity contribution in [1.29, 1.82) is 0 Å². The number of nitrogens with zero attached hydrogens (tertiary/aromatic N) is 5. The van der Waals surface area contributed by atoms with Crippen molar-refractivity contribution in [2.24, 2.45) is 0 Å². The number of carbonyl (C=O) groups excluding carboxylic acids is 1. The standard InChI is InChI=1S/C24H23N7O/c1-16-7-8-18(28-23(32)17-5-4-6-19(13-17)31(2)3)14-21(16)30-24-27-10-9-20(29-24)22-15-25-11-12-26-22/h4-15H,1-3H3,(H,28,32)(H,27,29,30). The van der Waals surface area contributed by atoms with Crippen LogP contribution in [-0.4, -0.2) is 39.9 Å². The fourth-order valence-corrected chi connectivity index (χ4v) is 3.08. The van der Waals surface area contributed by atoms with Crippen molar-refractivity contribution in [3.05, 3.63) is 84.4 Å². The van der Waals surface area contributed by atoms with Crippen molar-refractivity contribution < 1.29 is 4.79 Å². The molecule has 0 saturated heterocycles. The molecule has 4 aromatic rings. The van der Waals surface area contributed by atoms with Crippen LogP contribution >= 0.6 is 0 Å². The molecular formula is C24H23N7O. The van der Waals surface area contributed by atoms with Gasteiger partial charge in [0.2, 0.25) is 5.95 Å². The summed E-state index contributed by atoms with van der Waals surface area (Å²) in [6.45, 7) is 1.97.